The van der Waals surface area contributed by atoms with Crippen molar-refractivity contribution < 1.29 is 22.7 Å². The largest absolute Gasteiger partial charge is 0.399 e. The molecule has 12 heteroatoms. The number of hydrogen-bond acceptors (Lipinski definition) is 6. The standard InChI is InChI=1S/C24H16F4IN5O2/c1-2-11-15-9(6-14(25)16(11)26)5-10(30)7-12(15)20-18(28)21-13(8-31-20)23(33-24(36)32-21)34(3-4-35)22-17(27)19(22)29/h1,5-8,17,19,22,35H,3-4,30H2,(H,32,33,36)/t17-,19+,22?/m1/s1. The van der Waals surface area contributed by atoms with Gasteiger partial charge in [-0.25, -0.2) is 22.4 Å². The summed E-state index contributed by atoms with van der Waals surface area (Å²) in [4.78, 5) is 24.2. The Morgan fingerprint density at radius 2 is 1.97 bits per heavy atom. The zero-order valence-electron chi connectivity index (χ0n) is 18.2. The normalized spacial score (nSPS) is 19.0. The Hall–Kier alpha value is -3.44. The number of fused-ring (bicyclic) bond motifs is 2. The molecule has 0 saturated heterocycles. The van der Waals surface area contributed by atoms with Crippen molar-refractivity contribution in [2.24, 2.45) is 0 Å². The van der Waals surface area contributed by atoms with Gasteiger partial charge in [0.15, 0.2) is 17.5 Å². The first-order valence-electron chi connectivity index (χ1n) is 10.6. The van der Waals surface area contributed by atoms with E-state index in [1.807, 2.05) is 22.6 Å². The van der Waals surface area contributed by atoms with Crippen LogP contribution in [0.1, 0.15) is 5.56 Å². The van der Waals surface area contributed by atoms with Crippen molar-refractivity contribution in [2.75, 3.05) is 23.8 Å². The Bertz CT molecular complexity index is 1650. The number of nitrogens with one attached hydrogen (secondary N) is 1. The van der Waals surface area contributed by atoms with E-state index < -0.39 is 44.8 Å². The number of aromatic amines is 1. The number of H-pyrrole nitrogens is 1. The first kappa shape index (κ1) is 24.3. The Morgan fingerprint density at radius 1 is 1.25 bits per heavy atom. The number of anilines is 2. The fourth-order valence-corrected chi connectivity index (χ4v) is 5.35. The lowest BCUT2D eigenvalue weighted by Gasteiger charge is -2.23. The lowest BCUT2D eigenvalue weighted by atomic mass is 9.95. The molecule has 0 radical (unpaired) electrons. The van der Waals surface area contributed by atoms with E-state index >= 15 is 4.39 Å². The molecule has 0 aliphatic heterocycles. The van der Waals surface area contributed by atoms with Gasteiger partial charge in [-0.15, -0.1) is 6.42 Å². The molecule has 1 fully saturated rings. The fraction of sp³-hybridized carbons (Fsp3) is 0.208. The average Bonchev–Trinajstić information content (AvgIpc) is 3.43. The smallest absolute Gasteiger partial charge is 0.347 e. The number of nitrogens with zero attached hydrogens (tertiary/aromatic N) is 3. The van der Waals surface area contributed by atoms with Crippen molar-refractivity contribution in [3.8, 4) is 23.6 Å². The number of nitrogens with two attached hydrogens (primary N) is 1. The molecule has 0 bridgehead atoms. The van der Waals surface area contributed by atoms with Crippen molar-refractivity contribution in [3.05, 3.63) is 57.9 Å². The van der Waals surface area contributed by atoms with E-state index in [0.717, 1.165) is 6.07 Å². The van der Waals surface area contributed by atoms with Crippen LogP contribution in [-0.4, -0.2) is 49.3 Å². The van der Waals surface area contributed by atoms with Crippen LogP contribution >= 0.6 is 22.6 Å². The van der Waals surface area contributed by atoms with Gasteiger partial charge in [-0.05, 0) is 23.6 Å². The number of benzene rings is 2. The van der Waals surface area contributed by atoms with Gasteiger partial charge in [0.1, 0.15) is 17.7 Å². The summed E-state index contributed by atoms with van der Waals surface area (Å²) in [6, 6.07) is 2.91. The van der Waals surface area contributed by atoms with Crippen molar-refractivity contribution >= 4 is 55.8 Å². The van der Waals surface area contributed by atoms with Crippen molar-refractivity contribution in [1.29, 1.82) is 0 Å². The van der Waals surface area contributed by atoms with Gasteiger partial charge >= 0.3 is 5.69 Å². The monoisotopic (exact) mass is 609 g/mol. The molecule has 0 spiro atoms. The molecule has 36 heavy (non-hydrogen) atoms. The van der Waals surface area contributed by atoms with Crippen LogP contribution in [0.25, 0.3) is 32.9 Å². The zero-order valence-corrected chi connectivity index (χ0v) is 20.4. The summed E-state index contributed by atoms with van der Waals surface area (Å²) in [5, 5.41) is 9.71. The maximum Gasteiger partial charge on any atom is 0.347 e. The lowest BCUT2D eigenvalue weighted by Crippen LogP contribution is -2.34. The summed E-state index contributed by atoms with van der Waals surface area (Å²) in [6.07, 6.45) is 5.44. The second kappa shape index (κ2) is 8.90. The van der Waals surface area contributed by atoms with E-state index in [2.05, 4.69) is 20.9 Å². The molecule has 5 rings (SSSR count). The zero-order chi connectivity index (χ0) is 25.9. The van der Waals surface area contributed by atoms with Crippen molar-refractivity contribution in [1.82, 2.24) is 15.0 Å². The number of terminal acetylenes is 1. The molecule has 2 aromatic carbocycles. The number of halogens is 5. The minimum atomic E-state index is -1.28. The maximum absolute atomic E-state index is 15.9. The molecule has 7 nitrogen and oxygen atoms in total. The predicted octanol–water partition coefficient (Wildman–Crippen LogP) is 3.44. The van der Waals surface area contributed by atoms with Gasteiger partial charge in [0, 0.05) is 29.4 Å². The molecule has 2 aromatic heterocycles. The minimum absolute atomic E-state index is 0.0129. The molecular weight excluding hydrogens is 593 g/mol. The van der Waals surface area contributed by atoms with E-state index in [9.17, 15) is 23.1 Å². The van der Waals surface area contributed by atoms with Gasteiger partial charge in [0.2, 0.25) is 0 Å². The topological polar surface area (TPSA) is 108 Å². The molecule has 1 aliphatic carbocycles. The first-order chi connectivity index (χ1) is 17.2. The lowest BCUT2D eigenvalue weighted by molar-refractivity contribution is 0.299. The second-order valence-corrected chi connectivity index (χ2v) is 9.67. The SMILES string of the molecule is C#Cc1c(F)c(F)cc2cc(N)cc(-c3ncc4c(N(CCO)C5[C@@H](I)[C@H]5F)nc(=O)[nH]c4c3F)c12. The van der Waals surface area contributed by atoms with Crippen LogP contribution in [0.5, 0.6) is 0 Å². The predicted molar refractivity (Wildman–Crippen MR) is 136 cm³/mol. The highest BCUT2D eigenvalue weighted by Gasteiger charge is 2.54. The maximum atomic E-state index is 15.9. The summed E-state index contributed by atoms with van der Waals surface area (Å²) in [6.45, 7) is -0.404. The van der Waals surface area contributed by atoms with Gasteiger partial charge in [-0.3, -0.25) is 4.98 Å². The summed E-state index contributed by atoms with van der Waals surface area (Å²) in [5.41, 5.74) is 4.07. The van der Waals surface area contributed by atoms with Crippen LogP contribution in [0.15, 0.2) is 29.2 Å². The van der Waals surface area contributed by atoms with Crippen LogP contribution in [0.3, 0.4) is 0 Å². The van der Waals surface area contributed by atoms with E-state index in [1.54, 1.807) is 0 Å². The van der Waals surface area contributed by atoms with Gasteiger partial charge in [-0.2, -0.15) is 4.98 Å². The number of aliphatic hydroxyl groups excluding tert-OH is 1. The van der Waals surface area contributed by atoms with E-state index in [1.165, 1.54) is 23.2 Å². The quantitative estimate of drug-likeness (QED) is 0.105. The molecule has 4 N–H and O–H groups in total. The molecule has 0 amide bonds. The molecule has 1 saturated carbocycles. The molecule has 2 heterocycles. The van der Waals surface area contributed by atoms with Gasteiger partial charge in [-0.1, -0.05) is 28.5 Å². The molecular formula is C24H16F4IN5O2. The van der Waals surface area contributed by atoms with Crippen LogP contribution in [-0.2, 0) is 0 Å². The highest BCUT2D eigenvalue weighted by atomic mass is 127. The summed E-state index contributed by atoms with van der Waals surface area (Å²) in [7, 11) is 0. The number of aliphatic hydroxyl groups is 1. The van der Waals surface area contributed by atoms with Crippen LogP contribution in [0.2, 0.25) is 0 Å². The van der Waals surface area contributed by atoms with Gasteiger partial charge in [0.25, 0.3) is 0 Å². The average molecular weight is 609 g/mol. The Labute approximate surface area is 214 Å². The number of aromatic nitrogens is 3. The fourth-order valence-electron chi connectivity index (χ4n) is 4.38. The molecule has 184 valence electrons. The number of rotatable bonds is 5. The van der Waals surface area contributed by atoms with Crippen molar-refractivity contribution in [3.63, 3.8) is 0 Å². The van der Waals surface area contributed by atoms with Crippen LogP contribution in [0.4, 0.5) is 29.1 Å². The third-order valence-electron chi connectivity index (χ3n) is 6.04. The Kier molecular flexibility index (Phi) is 6.00. The van der Waals surface area contributed by atoms with Gasteiger partial charge < -0.3 is 20.7 Å². The van der Waals surface area contributed by atoms with E-state index in [0.29, 0.717) is 0 Å². The van der Waals surface area contributed by atoms with Crippen molar-refractivity contribution in [2.45, 2.75) is 16.1 Å². The summed E-state index contributed by atoms with van der Waals surface area (Å²) >= 11 is 1.91. The van der Waals surface area contributed by atoms with E-state index in [-0.39, 0.29) is 57.6 Å². The molecule has 1 aliphatic rings. The minimum Gasteiger partial charge on any atom is -0.399 e. The summed E-state index contributed by atoms with van der Waals surface area (Å²) in [5.74, 6) is -1.42. The van der Waals surface area contributed by atoms with Crippen LogP contribution < -0.4 is 16.3 Å². The third-order valence-corrected chi connectivity index (χ3v) is 7.46. The first-order valence-corrected chi connectivity index (χ1v) is 11.8. The van der Waals surface area contributed by atoms with Crippen LogP contribution in [0, 0.1) is 29.8 Å². The Balaban J connectivity index is 1.79. The molecule has 3 atom stereocenters. The Morgan fingerprint density at radius 3 is 2.61 bits per heavy atom. The third kappa shape index (κ3) is 3.73. The van der Waals surface area contributed by atoms with Gasteiger partial charge in [0.05, 0.1) is 33.0 Å². The second-order valence-electron chi connectivity index (χ2n) is 8.23. The van der Waals surface area contributed by atoms with E-state index in [4.69, 9.17) is 12.2 Å². The number of hydrogen-bond donors (Lipinski definition) is 3. The molecule has 1 unspecified atom stereocenters. The highest BCUT2D eigenvalue weighted by Crippen LogP contribution is 2.43. The number of nitrogen functional groups attached to an aromatic ring is 1. The summed E-state index contributed by atoms with van der Waals surface area (Å²) < 4.78 is 58.4. The number of pyridine rings is 1. The highest BCUT2D eigenvalue weighted by molar-refractivity contribution is 14.1. The number of alkyl halides is 2. The molecule has 4 aromatic rings.